The Morgan fingerprint density at radius 3 is 2.85 bits per heavy atom. The van der Waals surface area contributed by atoms with E-state index in [1.54, 1.807) is 28.7 Å². The first kappa shape index (κ1) is 15.3. The van der Waals surface area contributed by atoms with Crippen LogP contribution >= 0.6 is 34.3 Å². The minimum absolute atomic E-state index is 0.784. The minimum Gasteiger partial charge on any atom is -0.478 e. The van der Waals surface area contributed by atoms with Crippen molar-refractivity contribution in [3.8, 4) is 0 Å². The van der Waals surface area contributed by atoms with Crippen molar-refractivity contribution in [1.29, 1.82) is 0 Å². The molecule has 2 aromatic heterocycles. The largest absolute Gasteiger partial charge is 0.478 e. The van der Waals surface area contributed by atoms with Gasteiger partial charge in [0.25, 0.3) is 0 Å². The summed E-state index contributed by atoms with van der Waals surface area (Å²) < 4.78 is 0.801. The zero-order chi connectivity index (χ0) is 14.5. The van der Waals surface area contributed by atoms with Crippen LogP contribution in [0.15, 0.2) is 29.7 Å². The number of carboxylic acid groups (broad SMARTS) is 1. The first-order valence-corrected chi connectivity index (χ1v) is 8.02. The summed E-state index contributed by atoms with van der Waals surface area (Å²) in [7, 11) is 2.04. The van der Waals surface area contributed by atoms with Gasteiger partial charge in [0.15, 0.2) is 0 Å². The summed E-state index contributed by atoms with van der Waals surface area (Å²) in [6, 6.07) is 5.88. The van der Waals surface area contributed by atoms with Crippen molar-refractivity contribution in [2.24, 2.45) is 0 Å². The average Bonchev–Trinajstić information content (AvgIpc) is 2.96. The summed E-state index contributed by atoms with van der Waals surface area (Å²) in [6.07, 6.45) is 2.81. The second-order valence-corrected chi connectivity index (χ2v) is 7.15. The van der Waals surface area contributed by atoms with Crippen LogP contribution in [-0.2, 0) is 17.9 Å². The van der Waals surface area contributed by atoms with Gasteiger partial charge in [0, 0.05) is 28.9 Å². The Kier molecular flexibility index (Phi) is 5.37. The average molecular weight is 328 g/mol. The SMILES string of the molecule is CN(Cc1ccc(Cl)s1)Cc1sccc1C=CC(=O)O. The van der Waals surface area contributed by atoms with E-state index in [-0.39, 0.29) is 0 Å². The van der Waals surface area contributed by atoms with Crippen LogP contribution in [0.2, 0.25) is 4.34 Å². The van der Waals surface area contributed by atoms with Gasteiger partial charge < -0.3 is 5.11 Å². The lowest BCUT2D eigenvalue weighted by atomic mass is 10.2. The molecule has 0 amide bonds. The molecule has 2 aromatic rings. The summed E-state index contributed by atoms with van der Waals surface area (Å²) in [5, 5.41) is 10.7. The van der Waals surface area contributed by atoms with E-state index in [1.807, 2.05) is 30.6 Å². The quantitative estimate of drug-likeness (QED) is 0.809. The fraction of sp³-hybridized carbons (Fsp3) is 0.214. The summed E-state index contributed by atoms with van der Waals surface area (Å²) in [5.41, 5.74) is 0.966. The van der Waals surface area contributed by atoms with Gasteiger partial charge in [-0.3, -0.25) is 4.90 Å². The third-order valence-corrected chi connectivity index (χ3v) is 4.79. The van der Waals surface area contributed by atoms with E-state index >= 15 is 0 Å². The van der Waals surface area contributed by atoms with E-state index in [1.165, 1.54) is 11.0 Å². The molecule has 2 heterocycles. The summed E-state index contributed by atoms with van der Waals surface area (Å²) in [6.45, 7) is 1.61. The molecule has 1 N–H and O–H groups in total. The molecule has 0 aliphatic carbocycles. The number of nitrogens with zero attached hydrogens (tertiary/aromatic N) is 1. The number of aliphatic carboxylic acids is 1. The molecule has 0 saturated carbocycles. The fourth-order valence-electron chi connectivity index (χ4n) is 1.79. The second-order valence-electron chi connectivity index (χ2n) is 4.35. The van der Waals surface area contributed by atoms with Crippen LogP contribution in [0, 0.1) is 0 Å². The molecule has 2 rings (SSSR count). The Bertz CT molecular complexity index is 618. The monoisotopic (exact) mass is 327 g/mol. The molecule has 0 aromatic carbocycles. The Morgan fingerprint density at radius 2 is 2.20 bits per heavy atom. The second kappa shape index (κ2) is 7.04. The third-order valence-electron chi connectivity index (χ3n) is 2.65. The highest BCUT2D eigenvalue weighted by molar-refractivity contribution is 7.16. The van der Waals surface area contributed by atoms with Crippen LogP contribution in [0.5, 0.6) is 0 Å². The van der Waals surface area contributed by atoms with Crippen molar-refractivity contribution in [1.82, 2.24) is 4.90 Å². The van der Waals surface area contributed by atoms with Crippen LogP contribution in [0.3, 0.4) is 0 Å². The van der Waals surface area contributed by atoms with Gasteiger partial charge in [0.2, 0.25) is 0 Å². The van der Waals surface area contributed by atoms with Crippen molar-refractivity contribution < 1.29 is 9.90 Å². The summed E-state index contributed by atoms with van der Waals surface area (Å²) >= 11 is 9.14. The van der Waals surface area contributed by atoms with Gasteiger partial charge >= 0.3 is 5.97 Å². The van der Waals surface area contributed by atoms with E-state index < -0.39 is 5.97 Å². The highest BCUT2D eigenvalue weighted by atomic mass is 35.5. The van der Waals surface area contributed by atoms with Crippen molar-refractivity contribution in [3.05, 3.63) is 49.3 Å². The van der Waals surface area contributed by atoms with E-state index in [2.05, 4.69) is 4.90 Å². The number of hydrogen-bond acceptors (Lipinski definition) is 4. The van der Waals surface area contributed by atoms with Gasteiger partial charge in [-0.2, -0.15) is 0 Å². The molecule has 20 heavy (non-hydrogen) atoms. The Hall–Kier alpha value is -1.14. The smallest absolute Gasteiger partial charge is 0.328 e. The Morgan fingerprint density at radius 1 is 1.40 bits per heavy atom. The highest BCUT2D eigenvalue weighted by Crippen LogP contribution is 2.24. The molecule has 3 nitrogen and oxygen atoms in total. The van der Waals surface area contributed by atoms with Crippen molar-refractivity contribution in [3.63, 3.8) is 0 Å². The molecule has 0 unspecified atom stereocenters. The molecule has 0 saturated heterocycles. The lowest BCUT2D eigenvalue weighted by molar-refractivity contribution is -0.131. The highest BCUT2D eigenvalue weighted by Gasteiger charge is 2.08. The predicted octanol–water partition coefficient (Wildman–Crippen LogP) is 4.19. The van der Waals surface area contributed by atoms with Gasteiger partial charge in [-0.25, -0.2) is 4.79 Å². The number of thiophene rings is 2. The molecule has 0 aliphatic rings. The van der Waals surface area contributed by atoms with Gasteiger partial charge in [0.1, 0.15) is 0 Å². The lowest BCUT2D eigenvalue weighted by Gasteiger charge is -2.15. The zero-order valence-corrected chi connectivity index (χ0v) is 13.3. The van der Waals surface area contributed by atoms with Crippen LogP contribution in [-0.4, -0.2) is 23.0 Å². The van der Waals surface area contributed by atoms with Gasteiger partial charge in [-0.15, -0.1) is 22.7 Å². The number of halogens is 1. The normalized spacial score (nSPS) is 11.6. The first-order valence-electron chi connectivity index (χ1n) is 5.94. The molecule has 6 heteroatoms. The van der Waals surface area contributed by atoms with Gasteiger partial charge in [-0.05, 0) is 42.3 Å². The minimum atomic E-state index is -0.927. The predicted molar refractivity (Wildman–Crippen MR) is 85.5 cm³/mol. The number of rotatable bonds is 6. The fourth-order valence-corrected chi connectivity index (χ4v) is 3.91. The molecular weight excluding hydrogens is 314 g/mol. The molecular formula is C14H14ClNO2S2. The summed E-state index contributed by atoms with van der Waals surface area (Å²) in [4.78, 5) is 15.1. The Balaban J connectivity index is 1.99. The summed E-state index contributed by atoms with van der Waals surface area (Å²) in [5.74, 6) is -0.927. The van der Waals surface area contributed by atoms with Gasteiger partial charge in [0.05, 0.1) is 4.34 Å². The van der Waals surface area contributed by atoms with E-state index in [0.29, 0.717) is 0 Å². The van der Waals surface area contributed by atoms with E-state index in [4.69, 9.17) is 16.7 Å². The number of hydrogen-bond donors (Lipinski definition) is 1. The molecule has 0 fully saturated rings. The number of carbonyl (C=O) groups is 1. The zero-order valence-electron chi connectivity index (χ0n) is 10.9. The molecule has 0 atom stereocenters. The first-order chi connectivity index (χ1) is 9.54. The molecule has 0 spiro atoms. The van der Waals surface area contributed by atoms with Crippen LogP contribution in [0.25, 0.3) is 6.08 Å². The third kappa shape index (κ3) is 4.45. The molecule has 106 valence electrons. The van der Waals surface area contributed by atoms with Crippen molar-refractivity contribution in [2.45, 2.75) is 13.1 Å². The maximum Gasteiger partial charge on any atom is 0.328 e. The standard InChI is InChI=1S/C14H14ClNO2S2/c1-16(8-11-3-4-13(15)20-11)9-12-10(6-7-19-12)2-5-14(17)18/h2-7H,8-9H2,1H3,(H,17,18). The maximum atomic E-state index is 10.6. The molecule has 0 radical (unpaired) electrons. The van der Waals surface area contributed by atoms with Gasteiger partial charge in [-0.1, -0.05) is 11.6 Å². The van der Waals surface area contributed by atoms with E-state index in [9.17, 15) is 4.79 Å². The molecule has 0 aliphatic heterocycles. The van der Waals surface area contributed by atoms with Crippen LogP contribution in [0.1, 0.15) is 15.3 Å². The van der Waals surface area contributed by atoms with Crippen molar-refractivity contribution in [2.75, 3.05) is 7.05 Å². The lowest BCUT2D eigenvalue weighted by Crippen LogP contribution is -2.16. The van der Waals surface area contributed by atoms with Crippen molar-refractivity contribution >= 4 is 46.3 Å². The van der Waals surface area contributed by atoms with Crippen LogP contribution in [0.4, 0.5) is 0 Å². The maximum absolute atomic E-state index is 10.6. The van der Waals surface area contributed by atoms with Crippen LogP contribution < -0.4 is 0 Å². The van der Waals surface area contributed by atoms with E-state index in [0.717, 1.165) is 27.9 Å². The topological polar surface area (TPSA) is 40.5 Å². The number of carboxylic acids is 1. The Labute approximate surface area is 130 Å². The molecule has 0 bridgehead atoms.